The standard InChI is InChI=1S/C12H20FNO4/c1-6-7(2)9(4-10(14)17-5-13)18-11(8(6)3)12(15)16/h6-9,11,14H,4-5H2,1-3H3,(H,15,16)/t6-,7+,8-,9-,11-/m1/s1. The van der Waals surface area contributed by atoms with Crippen LogP contribution in [0.25, 0.3) is 0 Å². The average Bonchev–Trinajstić information content (AvgIpc) is 2.30. The van der Waals surface area contributed by atoms with Gasteiger partial charge in [-0.15, -0.1) is 0 Å². The van der Waals surface area contributed by atoms with Crippen molar-refractivity contribution in [3.05, 3.63) is 0 Å². The first-order chi connectivity index (χ1) is 8.38. The molecule has 0 aromatic heterocycles. The molecule has 6 heteroatoms. The fourth-order valence-electron chi connectivity index (χ4n) is 2.35. The second-order valence-electron chi connectivity index (χ2n) is 4.89. The number of carboxylic acids is 1. The number of hydrogen-bond acceptors (Lipinski definition) is 4. The van der Waals surface area contributed by atoms with Gasteiger partial charge in [0.05, 0.1) is 6.10 Å². The Morgan fingerprint density at radius 3 is 2.44 bits per heavy atom. The molecule has 5 nitrogen and oxygen atoms in total. The largest absolute Gasteiger partial charge is 0.479 e. The van der Waals surface area contributed by atoms with Gasteiger partial charge in [-0.3, -0.25) is 5.41 Å². The molecular formula is C12H20FNO4. The highest BCUT2D eigenvalue weighted by Gasteiger charge is 2.42. The molecule has 1 heterocycles. The molecule has 18 heavy (non-hydrogen) atoms. The highest BCUT2D eigenvalue weighted by Crippen LogP contribution is 2.36. The number of aliphatic carboxylic acids is 1. The van der Waals surface area contributed by atoms with Crippen molar-refractivity contribution in [3.63, 3.8) is 0 Å². The zero-order valence-corrected chi connectivity index (χ0v) is 10.9. The molecule has 0 spiro atoms. The molecule has 0 aromatic carbocycles. The van der Waals surface area contributed by atoms with Gasteiger partial charge in [-0.1, -0.05) is 20.8 Å². The number of alkyl halides is 1. The van der Waals surface area contributed by atoms with Crippen molar-refractivity contribution in [2.45, 2.75) is 39.4 Å². The highest BCUT2D eigenvalue weighted by molar-refractivity contribution is 5.74. The molecule has 0 unspecified atom stereocenters. The molecule has 0 aromatic rings. The number of hydrogen-bond donors (Lipinski definition) is 2. The van der Waals surface area contributed by atoms with Crippen LogP contribution in [0, 0.1) is 23.2 Å². The van der Waals surface area contributed by atoms with Gasteiger partial charge in [-0.25, -0.2) is 9.18 Å². The van der Waals surface area contributed by atoms with Gasteiger partial charge in [0.1, 0.15) is 0 Å². The fraction of sp³-hybridized carbons (Fsp3) is 0.833. The summed E-state index contributed by atoms with van der Waals surface area (Å²) in [5.41, 5.74) is 0. The van der Waals surface area contributed by atoms with Gasteiger partial charge >= 0.3 is 5.97 Å². The van der Waals surface area contributed by atoms with Crippen LogP contribution in [0.1, 0.15) is 27.2 Å². The number of nitrogens with one attached hydrogen (secondary N) is 1. The number of rotatable bonds is 4. The predicted octanol–water partition coefficient (Wildman–Crippen LogP) is 2.06. The van der Waals surface area contributed by atoms with E-state index in [2.05, 4.69) is 4.74 Å². The van der Waals surface area contributed by atoms with Gasteiger partial charge in [0.25, 0.3) is 0 Å². The van der Waals surface area contributed by atoms with Crippen LogP contribution in [0.15, 0.2) is 0 Å². The Kier molecular flexibility index (Phi) is 5.07. The van der Waals surface area contributed by atoms with Crippen LogP contribution in [0.5, 0.6) is 0 Å². The zero-order chi connectivity index (χ0) is 13.9. The van der Waals surface area contributed by atoms with Gasteiger partial charge in [0.15, 0.2) is 12.0 Å². The lowest BCUT2D eigenvalue weighted by Gasteiger charge is -2.42. The van der Waals surface area contributed by atoms with Gasteiger partial charge in [0.2, 0.25) is 6.86 Å². The van der Waals surface area contributed by atoms with Crippen molar-refractivity contribution in [1.29, 1.82) is 5.41 Å². The van der Waals surface area contributed by atoms with E-state index in [0.29, 0.717) is 0 Å². The minimum atomic E-state index is -1.05. The molecule has 1 fully saturated rings. The Bertz CT molecular complexity index is 323. The smallest absolute Gasteiger partial charge is 0.333 e. The third-order valence-electron chi connectivity index (χ3n) is 3.90. The van der Waals surface area contributed by atoms with E-state index in [4.69, 9.17) is 15.3 Å². The first kappa shape index (κ1) is 14.9. The highest BCUT2D eigenvalue weighted by atomic mass is 19.1. The van der Waals surface area contributed by atoms with Crippen LogP contribution in [0.3, 0.4) is 0 Å². The van der Waals surface area contributed by atoms with E-state index in [1.54, 1.807) is 0 Å². The minimum Gasteiger partial charge on any atom is -0.479 e. The maximum absolute atomic E-state index is 11.9. The summed E-state index contributed by atoms with van der Waals surface area (Å²) in [5.74, 6) is -1.04. The monoisotopic (exact) mass is 261 g/mol. The average molecular weight is 261 g/mol. The summed E-state index contributed by atoms with van der Waals surface area (Å²) in [5, 5.41) is 16.5. The second-order valence-corrected chi connectivity index (χ2v) is 4.89. The molecule has 2 N–H and O–H groups in total. The second kappa shape index (κ2) is 6.13. The van der Waals surface area contributed by atoms with Crippen LogP contribution in [0.4, 0.5) is 4.39 Å². The van der Waals surface area contributed by atoms with Crippen LogP contribution in [-0.4, -0.2) is 36.0 Å². The summed E-state index contributed by atoms with van der Waals surface area (Å²) >= 11 is 0. The molecule has 1 aliphatic heterocycles. The lowest BCUT2D eigenvalue weighted by atomic mass is 9.75. The SMILES string of the molecule is C[C@H]1[C@@H](C)[C@H](C(=O)O)O[C@H](CC(=N)OCF)[C@H]1C. The summed E-state index contributed by atoms with van der Waals surface area (Å²) in [7, 11) is 0. The van der Waals surface area contributed by atoms with E-state index < -0.39 is 25.0 Å². The van der Waals surface area contributed by atoms with Gasteiger partial charge < -0.3 is 14.6 Å². The topological polar surface area (TPSA) is 79.6 Å². The normalized spacial score (nSPS) is 36.1. The molecule has 104 valence electrons. The summed E-state index contributed by atoms with van der Waals surface area (Å²) in [6, 6.07) is 0. The number of ether oxygens (including phenoxy) is 2. The van der Waals surface area contributed by atoms with Crippen LogP contribution >= 0.6 is 0 Å². The number of carbonyl (C=O) groups is 1. The molecule has 0 saturated carbocycles. The van der Waals surface area contributed by atoms with Crippen LogP contribution in [-0.2, 0) is 14.3 Å². The molecule has 0 aliphatic carbocycles. The van der Waals surface area contributed by atoms with E-state index in [-0.39, 0.29) is 30.1 Å². The van der Waals surface area contributed by atoms with E-state index in [0.717, 1.165) is 0 Å². The molecule has 0 bridgehead atoms. The van der Waals surface area contributed by atoms with Crippen molar-refractivity contribution in [2.24, 2.45) is 17.8 Å². The van der Waals surface area contributed by atoms with E-state index in [1.165, 1.54) is 0 Å². The molecule has 1 rings (SSSR count). The lowest BCUT2D eigenvalue weighted by Crippen LogP contribution is -2.48. The zero-order valence-electron chi connectivity index (χ0n) is 10.9. The maximum Gasteiger partial charge on any atom is 0.333 e. The molecule has 0 amide bonds. The molecular weight excluding hydrogens is 241 g/mol. The molecule has 5 atom stereocenters. The van der Waals surface area contributed by atoms with Gasteiger partial charge in [-0.2, -0.15) is 0 Å². The molecule has 1 aliphatic rings. The fourth-order valence-corrected chi connectivity index (χ4v) is 2.35. The van der Waals surface area contributed by atoms with Crippen molar-refractivity contribution < 1.29 is 23.8 Å². The Morgan fingerprint density at radius 1 is 1.33 bits per heavy atom. The van der Waals surface area contributed by atoms with Crippen molar-refractivity contribution in [2.75, 3.05) is 6.86 Å². The van der Waals surface area contributed by atoms with E-state index >= 15 is 0 Å². The van der Waals surface area contributed by atoms with E-state index in [1.807, 2.05) is 20.8 Å². The first-order valence-corrected chi connectivity index (χ1v) is 6.03. The minimum absolute atomic E-state index is 0.0926. The quantitative estimate of drug-likeness (QED) is 0.599. The molecule has 1 saturated heterocycles. The van der Waals surface area contributed by atoms with Gasteiger partial charge in [-0.05, 0) is 17.8 Å². The Hall–Kier alpha value is -1.17. The van der Waals surface area contributed by atoms with E-state index in [9.17, 15) is 9.18 Å². The lowest BCUT2D eigenvalue weighted by molar-refractivity contribution is -0.178. The maximum atomic E-state index is 11.9. The first-order valence-electron chi connectivity index (χ1n) is 6.03. The third-order valence-corrected chi connectivity index (χ3v) is 3.90. The summed E-state index contributed by atoms with van der Waals surface area (Å²) in [6.07, 6.45) is -1.19. The van der Waals surface area contributed by atoms with Crippen molar-refractivity contribution >= 4 is 11.9 Å². The van der Waals surface area contributed by atoms with Gasteiger partial charge in [0, 0.05) is 6.42 Å². The Labute approximate surface area is 106 Å². The van der Waals surface area contributed by atoms with Crippen molar-refractivity contribution in [3.8, 4) is 0 Å². The summed E-state index contributed by atoms with van der Waals surface area (Å²) in [6.45, 7) is 4.72. The predicted molar refractivity (Wildman–Crippen MR) is 63.2 cm³/mol. The van der Waals surface area contributed by atoms with Crippen LogP contribution < -0.4 is 0 Å². The molecule has 0 radical (unpaired) electrons. The summed E-state index contributed by atoms with van der Waals surface area (Å²) < 4.78 is 21.9. The Morgan fingerprint density at radius 2 is 1.94 bits per heavy atom. The third kappa shape index (κ3) is 3.19. The number of halogens is 1. The van der Waals surface area contributed by atoms with Crippen molar-refractivity contribution in [1.82, 2.24) is 0 Å². The van der Waals surface area contributed by atoms with Crippen LogP contribution in [0.2, 0.25) is 0 Å². The Balaban J connectivity index is 2.73. The summed E-state index contributed by atoms with van der Waals surface area (Å²) in [4.78, 5) is 11.1. The number of carboxylic acid groups (broad SMARTS) is 1.